The van der Waals surface area contributed by atoms with E-state index in [2.05, 4.69) is 11.1 Å². The van der Waals surface area contributed by atoms with E-state index in [1.165, 1.54) is 11.3 Å². The highest BCUT2D eigenvalue weighted by Crippen LogP contribution is 2.26. The number of nitrogens with zero attached hydrogens (tertiary/aromatic N) is 3. The highest BCUT2D eigenvalue weighted by atomic mass is 32.1. The predicted octanol–water partition coefficient (Wildman–Crippen LogP) is 3.86. The number of carbonyl (C=O) groups is 1. The van der Waals surface area contributed by atoms with Crippen LogP contribution in [0, 0.1) is 18.3 Å². The van der Waals surface area contributed by atoms with Gasteiger partial charge in [-0.1, -0.05) is 12.1 Å². The molecule has 3 aromatic rings. The van der Waals surface area contributed by atoms with E-state index in [1.54, 1.807) is 29.5 Å². The smallest absolute Gasteiger partial charge is 0.273 e. The van der Waals surface area contributed by atoms with Gasteiger partial charge in [-0.3, -0.25) is 4.79 Å². The van der Waals surface area contributed by atoms with Crippen LogP contribution in [0.1, 0.15) is 27.4 Å². The van der Waals surface area contributed by atoms with Gasteiger partial charge in [0.2, 0.25) is 0 Å². The molecule has 2 aromatic heterocycles. The molecule has 0 atom stereocenters. The Morgan fingerprint density at radius 1 is 1.38 bits per heavy atom. The van der Waals surface area contributed by atoms with Crippen LogP contribution in [-0.4, -0.2) is 22.8 Å². The lowest BCUT2D eigenvalue weighted by atomic mass is 10.1. The molecule has 0 spiro atoms. The summed E-state index contributed by atoms with van der Waals surface area (Å²) in [5.74, 6) is 1.31. The molecule has 0 bridgehead atoms. The van der Waals surface area contributed by atoms with Crippen molar-refractivity contribution in [2.45, 2.75) is 13.5 Å². The van der Waals surface area contributed by atoms with E-state index in [-0.39, 0.29) is 5.91 Å². The van der Waals surface area contributed by atoms with Gasteiger partial charge in [-0.05, 0) is 36.8 Å². The number of hydrogen-bond donors (Lipinski definition) is 0. The molecular formula is C18H15N3O2S. The number of furan rings is 1. The van der Waals surface area contributed by atoms with E-state index >= 15 is 0 Å². The van der Waals surface area contributed by atoms with Crippen molar-refractivity contribution in [1.82, 2.24) is 9.88 Å². The maximum absolute atomic E-state index is 12.5. The quantitative estimate of drug-likeness (QED) is 0.725. The summed E-state index contributed by atoms with van der Waals surface area (Å²) in [5, 5.41) is 11.4. The minimum Gasteiger partial charge on any atom is -0.459 e. The van der Waals surface area contributed by atoms with Gasteiger partial charge in [0.05, 0.1) is 11.6 Å². The van der Waals surface area contributed by atoms with Crippen LogP contribution in [0.4, 0.5) is 0 Å². The van der Waals surface area contributed by atoms with Crippen LogP contribution in [0.3, 0.4) is 0 Å². The van der Waals surface area contributed by atoms with Crippen molar-refractivity contribution in [3.63, 3.8) is 0 Å². The van der Waals surface area contributed by atoms with Crippen LogP contribution in [0.25, 0.3) is 10.8 Å². The molecule has 0 fully saturated rings. The van der Waals surface area contributed by atoms with Gasteiger partial charge in [0, 0.05) is 19.0 Å². The van der Waals surface area contributed by atoms with Crippen molar-refractivity contribution in [1.29, 1.82) is 5.26 Å². The highest BCUT2D eigenvalue weighted by molar-refractivity contribution is 7.13. The van der Waals surface area contributed by atoms with E-state index in [4.69, 9.17) is 9.68 Å². The van der Waals surface area contributed by atoms with Gasteiger partial charge >= 0.3 is 0 Å². The molecule has 0 saturated carbocycles. The van der Waals surface area contributed by atoms with Crippen LogP contribution in [0.2, 0.25) is 0 Å². The minimum absolute atomic E-state index is 0.164. The Morgan fingerprint density at radius 3 is 2.92 bits per heavy atom. The SMILES string of the molecule is Cc1ccc(-c2nc(C(=O)N(C)Cc3cccc(C#N)c3)cs2)o1. The Hall–Kier alpha value is -2.91. The number of benzene rings is 1. The van der Waals surface area contributed by atoms with Crippen LogP contribution in [0.15, 0.2) is 46.2 Å². The minimum atomic E-state index is -0.164. The molecule has 0 N–H and O–H groups in total. The number of nitriles is 1. The van der Waals surface area contributed by atoms with Crippen LogP contribution >= 0.6 is 11.3 Å². The Labute approximate surface area is 143 Å². The first-order chi connectivity index (χ1) is 11.6. The molecule has 120 valence electrons. The summed E-state index contributed by atoms with van der Waals surface area (Å²) in [7, 11) is 1.72. The van der Waals surface area contributed by atoms with Gasteiger partial charge in [0.15, 0.2) is 10.8 Å². The second-order valence-electron chi connectivity index (χ2n) is 5.42. The third-order valence-corrected chi connectivity index (χ3v) is 4.35. The fourth-order valence-corrected chi connectivity index (χ4v) is 3.07. The maximum Gasteiger partial charge on any atom is 0.273 e. The monoisotopic (exact) mass is 337 g/mol. The summed E-state index contributed by atoms with van der Waals surface area (Å²) in [6.45, 7) is 2.29. The second kappa shape index (κ2) is 6.69. The maximum atomic E-state index is 12.5. The van der Waals surface area contributed by atoms with Crippen LogP contribution < -0.4 is 0 Å². The summed E-state index contributed by atoms with van der Waals surface area (Å²) < 4.78 is 5.54. The average Bonchev–Trinajstić information content (AvgIpc) is 3.23. The molecule has 0 saturated heterocycles. The van der Waals surface area contributed by atoms with E-state index in [0.29, 0.717) is 28.6 Å². The topological polar surface area (TPSA) is 70.1 Å². The first kappa shape index (κ1) is 16.0. The number of thiazole rings is 1. The molecule has 2 heterocycles. The zero-order chi connectivity index (χ0) is 17.1. The van der Waals surface area contributed by atoms with Gasteiger partial charge in [0.25, 0.3) is 5.91 Å². The lowest BCUT2D eigenvalue weighted by Crippen LogP contribution is -2.26. The fourth-order valence-electron chi connectivity index (χ4n) is 2.32. The molecule has 6 heteroatoms. The van der Waals surface area contributed by atoms with E-state index in [1.807, 2.05) is 31.2 Å². The summed E-state index contributed by atoms with van der Waals surface area (Å²) in [6.07, 6.45) is 0. The van der Waals surface area contributed by atoms with Gasteiger partial charge in [-0.2, -0.15) is 5.26 Å². The zero-order valence-electron chi connectivity index (χ0n) is 13.3. The van der Waals surface area contributed by atoms with E-state index in [0.717, 1.165) is 11.3 Å². The van der Waals surface area contributed by atoms with Crippen molar-refractivity contribution in [3.05, 3.63) is 64.4 Å². The number of hydrogen-bond acceptors (Lipinski definition) is 5. The molecule has 3 rings (SSSR count). The molecule has 0 radical (unpaired) electrons. The highest BCUT2D eigenvalue weighted by Gasteiger charge is 2.17. The van der Waals surface area contributed by atoms with Crippen LogP contribution in [0.5, 0.6) is 0 Å². The number of amides is 1. The third kappa shape index (κ3) is 3.36. The number of rotatable bonds is 4. The van der Waals surface area contributed by atoms with Gasteiger partial charge in [0.1, 0.15) is 11.5 Å². The Morgan fingerprint density at radius 2 is 2.21 bits per heavy atom. The standard InChI is InChI=1S/C18H15N3O2S/c1-12-6-7-16(23-12)17-20-15(11-24-17)18(22)21(2)10-14-5-3-4-13(8-14)9-19/h3-8,11H,10H2,1-2H3. The molecule has 0 aliphatic heterocycles. The van der Waals surface area contributed by atoms with Crippen molar-refractivity contribution < 1.29 is 9.21 Å². The van der Waals surface area contributed by atoms with Crippen molar-refractivity contribution in [2.24, 2.45) is 0 Å². The van der Waals surface area contributed by atoms with Gasteiger partial charge in [-0.15, -0.1) is 11.3 Å². The first-order valence-electron chi connectivity index (χ1n) is 7.33. The molecule has 0 aliphatic rings. The third-order valence-electron chi connectivity index (χ3n) is 3.50. The second-order valence-corrected chi connectivity index (χ2v) is 6.28. The number of aryl methyl sites for hydroxylation is 1. The van der Waals surface area contributed by atoms with Crippen molar-refractivity contribution >= 4 is 17.2 Å². The summed E-state index contributed by atoms with van der Waals surface area (Å²) in [5.41, 5.74) is 1.88. The summed E-state index contributed by atoms with van der Waals surface area (Å²) in [4.78, 5) is 18.5. The number of carbonyl (C=O) groups excluding carboxylic acids is 1. The van der Waals surface area contributed by atoms with Gasteiger partial charge in [-0.25, -0.2) is 4.98 Å². The van der Waals surface area contributed by atoms with Crippen LogP contribution in [-0.2, 0) is 6.54 Å². The Balaban J connectivity index is 1.74. The number of aromatic nitrogens is 1. The van der Waals surface area contributed by atoms with E-state index < -0.39 is 0 Å². The molecule has 0 aliphatic carbocycles. The Kier molecular flexibility index (Phi) is 4.45. The lowest BCUT2D eigenvalue weighted by molar-refractivity contribution is 0.0780. The molecule has 1 aromatic carbocycles. The first-order valence-corrected chi connectivity index (χ1v) is 8.21. The largest absolute Gasteiger partial charge is 0.459 e. The summed E-state index contributed by atoms with van der Waals surface area (Å²) in [6, 6.07) is 13.0. The molecular weight excluding hydrogens is 322 g/mol. The normalized spacial score (nSPS) is 10.4. The predicted molar refractivity (Wildman–Crippen MR) is 91.5 cm³/mol. The van der Waals surface area contributed by atoms with Gasteiger partial charge < -0.3 is 9.32 Å². The van der Waals surface area contributed by atoms with Crippen molar-refractivity contribution in [2.75, 3.05) is 7.05 Å². The molecule has 24 heavy (non-hydrogen) atoms. The van der Waals surface area contributed by atoms with Crippen molar-refractivity contribution in [3.8, 4) is 16.8 Å². The lowest BCUT2D eigenvalue weighted by Gasteiger charge is -2.16. The molecule has 5 nitrogen and oxygen atoms in total. The zero-order valence-corrected chi connectivity index (χ0v) is 14.1. The molecule has 1 amide bonds. The fraction of sp³-hybridized carbons (Fsp3) is 0.167. The average molecular weight is 337 g/mol. The van der Waals surface area contributed by atoms with E-state index in [9.17, 15) is 4.79 Å². The molecule has 0 unspecified atom stereocenters. The summed E-state index contributed by atoms with van der Waals surface area (Å²) >= 11 is 1.38. The Bertz CT molecular complexity index is 920.